The van der Waals surface area contributed by atoms with Gasteiger partial charge in [0.2, 0.25) is 0 Å². The molecule has 0 bridgehead atoms. The van der Waals surface area contributed by atoms with E-state index < -0.39 is 0 Å². The van der Waals surface area contributed by atoms with Gasteiger partial charge in [0.25, 0.3) is 5.91 Å². The van der Waals surface area contributed by atoms with Crippen molar-refractivity contribution in [3.63, 3.8) is 0 Å². The summed E-state index contributed by atoms with van der Waals surface area (Å²) in [6.45, 7) is 4.60. The average molecular weight is 222 g/mol. The van der Waals surface area contributed by atoms with Crippen LogP contribution < -0.4 is 5.73 Å². The van der Waals surface area contributed by atoms with E-state index in [2.05, 4.69) is 23.9 Å². The molecule has 0 radical (unpaired) electrons. The molecule has 1 unspecified atom stereocenters. The van der Waals surface area contributed by atoms with Gasteiger partial charge in [0.1, 0.15) is 5.69 Å². The van der Waals surface area contributed by atoms with Gasteiger partial charge in [-0.15, -0.1) is 0 Å². The fourth-order valence-corrected chi connectivity index (χ4v) is 1.94. The normalized spacial score (nSPS) is 22.4. The number of likely N-dealkylation sites (N-methyl/N-ethyl adjacent to an activating group) is 1. The second kappa shape index (κ2) is 4.17. The van der Waals surface area contributed by atoms with Crippen molar-refractivity contribution in [3.8, 4) is 0 Å². The zero-order valence-corrected chi connectivity index (χ0v) is 9.73. The predicted molar refractivity (Wildman–Crippen MR) is 63.2 cm³/mol. The van der Waals surface area contributed by atoms with E-state index in [1.807, 2.05) is 4.90 Å². The Hall–Kier alpha value is -1.49. The van der Waals surface area contributed by atoms with Crippen LogP contribution in [0.2, 0.25) is 0 Å². The first-order valence-electron chi connectivity index (χ1n) is 5.51. The summed E-state index contributed by atoms with van der Waals surface area (Å²) in [4.78, 5) is 19.1. The van der Waals surface area contributed by atoms with Gasteiger partial charge in [-0.3, -0.25) is 4.79 Å². The van der Waals surface area contributed by atoms with E-state index in [1.54, 1.807) is 12.3 Å². The highest BCUT2D eigenvalue weighted by molar-refractivity contribution is 5.93. The van der Waals surface area contributed by atoms with Gasteiger partial charge in [0, 0.05) is 37.6 Å². The minimum absolute atomic E-state index is 0.0386. The molecule has 88 valence electrons. The van der Waals surface area contributed by atoms with Crippen molar-refractivity contribution in [1.29, 1.82) is 0 Å². The molecule has 1 aromatic heterocycles. The second-order valence-electron chi connectivity index (χ2n) is 4.43. The molecule has 1 atom stereocenters. The van der Waals surface area contributed by atoms with E-state index in [9.17, 15) is 4.79 Å². The molecule has 2 rings (SSSR count). The first kappa shape index (κ1) is 11.0. The number of hydrogen-bond acceptors (Lipinski definition) is 3. The predicted octanol–water partition coefficient (Wildman–Crippen LogP) is 0.373. The Kier molecular flexibility index (Phi) is 2.87. The molecule has 0 aromatic carbocycles. The maximum Gasteiger partial charge on any atom is 0.270 e. The molecule has 0 spiro atoms. The summed E-state index contributed by atoms with van der Waals surface area (Å²) in [6.07, 6.45) is 1.65. The van der Waals surface area contributed by atoms with Crippen molar-refractivity contribution in [2.45, 2.75) is 13.0 Å². The number of H-pyrrole nitrogens is 1. The van der Waals surface area contributed by atoms with Crippen LogP contribution in [0.3, 0.4) is 0 Å². The van der Waals surface area contributed by atoms with E-state index in [1.165, 1.54) is 0 Å². The second-order valence-corrected chi connectivity index (χ2v) is 4.43. The molecule has 2 heterocycles. The van der Waals surface area contributed by atoms with E-state index in [0.717, 1.165) is 19.6 Å². The molecule has 0 aliphatic carbocycles. The van der Waals surface area contributed by atoms with Crippen molar-refractivity contribution < 1.29 is 4.79 Å². The summed E-state index contributed by atoms with van der Waals surface area (Å²) in [5.41, 5.74) is 6.77. The molecule has 5 nitrogen and oxygen atoms in total. The lowest BCUT2D eigenvalue weighted by molar-refractivity contribution is 0.0567. The number of piperazine rings is 1. The van der Waals surface area contributed by atoms with Crippen LogP contribution in [-0.4, -0.2) is 53.4 Å². The molecular formula is C11H18N4O. The third kappa shape index (κ3) is 2.04. The Labute approximate surface area is 95.2 Å². The number of amides is 1. The van der Waals surface area contributed by atoms with Crippen LogP contribution in [0.15, 0.2) is 12.3 Å². The standard InChI is InChI=1S/C11H18N4O/c1-8-7-15(4-3-14(8)2)11(16)10-5-9(12)6-13-10/h5-6,8,13H,3-4,7,12H2,1-2H3. The van der Waals surface area contributed by atoms with E-state index >= 15 is 0 Å². The fraction of sp³-hybridized carbons (Fsp3) is 0.545. The van der Waals surface area contributed by atoms with Gasteiger partial charge in [-0.2, -0.15) is 0 Å². The van der Waals surface area contributed by atoms with Crippen LogP contribution in [0.5, 0.6) is 0 Å². The number of nitrogens with one attached hydrogen (secondary N) is 1. The maximum atomic E-state index is 12.1. The molecule has 16 heavy (non-hydrogen) atoms. The summed E-state index contributed by atoms with van der Waals surface area (Å²) < 4.78 is 0. The number of nitrogen functional groups attached to an aromatic ring is 1. The smallest absolute Gasteiger partial charge is 0.270 e. The first-order chi connectivity index (χ1) is 7.58. The van der Waals surface area contributed by atoms with Gasteiger partial charge in [-0.25, -0.2) is 0 Å². The highest BCUT2D eigenvalue weighted by Gasteiger charge is 2.25. The number of anilines is 1. The number of carbonyl (C=O) groups is 1. The van der Waals surface area contributed by atoms with Gasteiger partial charge in [-0.1, -0.05) is 0 Å². The third-order valence-electron chi connectivity index (χ3n) is 3.18. The molecule has 3 N–H and O–H groups in total. The van der Waals surface area contributed by atoms with Crippen molar-refractivity contribution in [3.05, 3.63) is 18.0 Å². The fourth-order valence-electron chi connectivity index (χ4n) is 1.94. The zero-order valence-electron chi connectivity index (χ0n) is 9.73. The number of hydrogen-bond donors (Lipinski definition) is 2. The minimum atomic E-state index is 0.0386. The lowest BCUT2D eigenvalue weighted by atomic mass is 10.2. The molecular weight excluding hydrogens is 204 g/mol. The van der Waals surface area contributed by atoms with Crippen molar-refractivity contribution in [2.75, 3.05) is 32.4 Å². The SMILES string of the molecule is CC1CN(C(=O)c2cc(N)c[nH]2)CCN1C. The molecule has 5 heteroatoms. The quantitative estimate of drug-likeness (QED) is 0.721. The summed E-state index contributed by atoms with van der Waals surface area (Å²) >= 11 is 0. The third-order valence-corrected chi connectivity index (χ3v) is 3.18. The largest absolute Gasteiger partial charge is 0.397 e. The highest BCUT2D eigenvalue weighted by Crippen LogP contribution is 2.12. The van der Waals surface area contributed by atoms with E-state index in [4.69, 9.17) is 5.73 Å². The Balaban J connectivity index is 2.06. The van der Waals surface area contributed by atoms with Crippen molar-refractivity contribution in [1.82, 2.24) is 14.8 Å². The molecule has 1 aromatic rings. The summed E-state index contributed by atoms with van der Waals surface area (Å²) in [7, 11) is 2.08. The summed E-state index contributed by atoms with van der Waals surface area (Å²) in [6, 6.07) is 2.09. The summed E-state index contributed by atoms with van der Waals surface area (Å²) in [5.74, 6) is 0.0386. The Morgan fingerprint density at radius 3 is 2.88 bits per heavy atom. The van der Waals surface area contributed by atoms with E-state index in [0.29, 0.717) is 17.4 Å². The Morgan fingerprint density at radius 1 is 1.56 bits per heavy atom. The number of aromatic nitrogens is 1. The minimum Gasteiger partial charge on any atom is -0.397 e. The van der Waals surface area contributed by atoms with Crippen LogP contribution in [-0.2, 0) is 0 Å². The van der Waals surface area contributed by atoms with Crippen LogP contribution in [0.25, 0.3) is 0 Å². The lowest BCUT2D eigenvalue weighted by Gasteiger charge is -2.37. The first-order valence-corrected chi connectivity index (χ1v) is 5.51. The van der Waals surface area contributed by atoms with Gasteiger partial charge < -0.3 is 20.5 Å². The lowest BCUT2D eigenvalue weighted by Crippen LogP contribution is -2.52. The van der Waals surface area contributed by atoms with Crippen LogP contribution in [0, 0.1) is 0 Å². The summed E-state index contributed by atoms with van der Waals surface area (Å²) in [5, 5.41) is 0. The molecule has 1 amide bonds. The molecule has 1 fully saturated rings. The number of aromatic amines is 1. The Morgan fingerprint density at radius 2 is 2.31 bits per heavy atom. The maximum absolute atomic E-state index is 12.1. The van der Waals surface area contributed by atoms with Gasteiger partial charge in [0.15, 0.2) is 0 Å². The van der Waals surface area contributed by atoms with Crippen molar-refractivity contribution >= 4 is 11.6 Å². The molecule has 1 aliphatic rings. The Bertz CT molecular complexity index is 387. The van der Waals surface area contributed by atoms with Gasteiger partial charge >= 0.3 is 0 Å². The van der Waals surface area contributed by atoms with E-state index in [-0.39, 0.29) is 5.91 Å². The van der Waals surface area contributed by atoms with Gasteiger partial charge in [0.05, 0.1) is 0 Å². The zero-order chi connectivity index (χ0) is 11.7. The van der Waals surface area contributed by atoms with Crippen molar-refractivity contribution in [2.24, 2.45) is 0 Å². The topological polar surface area (TPSA) is 65.4 Å². The van der Waals surface area contributed by atoms with Crippen LogP contribution in [0.4, 0.5) is 5.69 Å². The molecule has 0 saturated carbocycles. The monoisotopic (exact) mass is 222 g/mol. The van der Waals surface area contributed by atoms with Crippen LogP contribution >= 0.6 is 0 Å². The number of carbonyl (C=O) groups excluding carboxylic acids is 1. The number of nitrogens with two attached hydrogens (primary N) is 1. The number of nitrogens with zero attached hydrogens (tertiary/aromatic N) is 2. The molecule has 1 saturated heterocycles. The molecule has 1 aliphatic heterocycles. The highest BCUT2D eigenvalue weighted by atomic mass is 16.2. The number of rotatable bonds is 1. The van der Waals surface area contributed by atoms with Gasteiger partial charge in [-0.05, 0) is 20.0 Å². The average Bonchev–Trinajstić information content (AvgIpc) is 2.68. The van der Waals surface area contributed by atoms with Crippen LogP contribution in [0.1, 0.15) is 17.4 Å².